The van der Waals surface area contributed by atoms with Crippen LogP contribution in [-0.2, 0) is 10.0 Å². The lowest BCUT2D eigenvalue weighted by Gasteiger charge is -2.24. The zero-order chi connectivity index (χ0) is 18.9. The van der Waals surface area contributed by atoms with Crippen molar-refractivity contribution in [2.75, 3.05) is 29.3 Å². The third-order valence-corrected chi connectivity index (χ3v) is 7.65. The van der Waals surface area contributed by atoms with Crippen LogP contribution in [0.25, 0.3) is 0 Å². The molecule has 2 aromatic rings. The minimum atomic E-state index is -3.63. The molecule has 2 heterocycles. The lowest BCUT2D eigenvalue weighted by Crippen LogP contribution is -2.32. The molecule has 144 valence electrons. The molecule has 27 heavy (non-hydrogen) atoms. The molecule has 1 spiro atoms. The Hall–Kier alpha value is -2.12. The topological polar surface area (TPSA) is 74.3 Å². The van der Waals surface area contributed by atoms with Gasteiger partial charge in [0.05, 0.1) is 5.69 Å². The average molecular weight is 387 g/mol. The lowest BCUT2D eigenvalue weighted by molar-refractivity contribution is 0.346. The molecule has 2 aliphatic rings. The van der Waals surface area contributed by atoms with Gasteiger partial charge in [0.1, 0.15) is 10.7 Å². The number of para-hydroxylation sites is 1. The molecule has 1 aliphatic heterocycles. The number of aromatic nitrogens is 1. The van der Waals surface area contributed by atoms with Gasteiger partial charge in [0.25, 0.3) is 10.0 Å². The van der Waals surface area contributed by atoms with Crippen LogP contribution in [0.3, 0.4) is 0 Å². The quantitative estimate of drug-likeness (QED) is 0.799. The first kappa shape index (κ1) is 18.3. The standard InChI is InChI=1S/C20H26N4O2S/c1-2-24(16-6-4-3-5-7-16)27(25,26)17-8-9-19(22-15-17)23-18-14-20(18)10-12-21-13-11-20/h3-9,15,18,21H,2,10-14H2,1H3,(H,22,23). The van der Waals surface area contributed by atoms with Crippen molar-refractivity contribution in [3.63, 3.8) is 0 Å². The molecule has 1 aromatic heterocycles. The van der Waals surface area contributed by atoms with Crippen molar-refractivity contribution in [1.82, 2.24) is 10.3 Å². The molecule has 4 rings (SSSR count). The number of benzene rings is 1. The van der Waals surface area contributed by atoms with Gasteiger partial charge in [-0.05, 0) is 69.0 Å². The molecule has 0 bridgehead atoms. The number of hydrogen-bond donors (Lipinski definition) is 2. The van der Waals surface area contributed by atoms with Gasteiger partial charge in [0.15, 0.2) is 0 Å². The SMILES string of the molecule is CCN(c1ccccc1)S(=O)(=O)c1ccc(NC2CC23CCNCC3)nc1. The highest BCUT2D eigenvalue weighted by molar-refractivity contribution is 7.92. The van der Waals surface area contributed by atoms with E-state index in [-0.39, 0.29) is 4.90 Å². The van der Waals surface area contributed by atoms with Crippen molar-refractivity contribution in [2.45, 2.75) is 37.1 Å². The predicted octanol–water partition coefficient (Wildman–Crippen LogP) is 2.85. The highest BCUT2D eigenvalue weighted by Gasteiger charge is 2.54. The molecule has 1 aliphatic carbocycles. The number of piperidine rings is 1. The summed E-state index contributed by atoms with van der Waals surface area (Å²) in [7, 11) is -3.63. The zero-order valence-electron chi connectivity index (χ0n) is 15.6. The summed E-state index contributed by atoms with van der Waals surface area (Å²) in [4.78, 5) is 4.59. The fraction of sp³-hybridized carbons (Fsp3) is 0.450. The number of nitrogens with one attached hydrogen (secondary N) is 2. The zero-order valence-corrected chi connectivity index (χ0v) is 16.4. The number of nitrogens with zero attached hydrogens (tertiary/aromatic N) is 2. The molecular weight excluding hydrogens is 360 g/mol. The van der Waals surface area contributed by atoms with E-state index in [9.17, 15) is 8.42 Å². The summed E-state index contributed by atoms with van der Waals surface area (Å²) in [5, 5.41) is 6.89. The van der Waals surface area contributed by atoms with Crippen molar-refractivity contribution in [3.05, 3.63) is 48.7 Å². The van der Waals surface area contributed by atoms with E-state index in [0.29, 0.717) is 23.7 Å². The van der Waals surface area contributed by atoms with Gasteiger partial charge in [-0.15, -0.1) is 0 Å². The highest BCUT2D eigenvalue weighted by Crippen LogP contribution is 2.54. The Morgan fingerprint density at radius 1 is 1.19 bits per heavy atom. The van der Waals surface area contributed by atoms with Gasteiger partial charge in [0.2, 0.25) is 0 Å². The first-order chi connectivity index (χ1) is 13.0. The Labute approximate surface area is 161 Å². The van der Waals surface area contributed by atoms with Gasteiger partial charge in [-0.25, -0.2) is 13.4 Å². The molecule has 7 heteroatoms. The summed E-state index contributed by atoms with van der Waals surface area (Å²) in [5.74, 6) is 0.747. The van der Waals surface area contributed by atoms with Crippen LogP contribution in [0.5, 0.6) is 0 Å². The van der Waals surface area contributed by atoms with Gasteiger partial charge < -0.3 is 10.6 Å². The summed E-state index contributed by atoms with van der Waals surface area (Å²) in [6.07, 6.45) is 5.02. The van der Waals surface area contributed by atoms with Crippen LogP contribution < -0.4 is 14.9 Å². The second-order valence-electron chi connectivity index (χ2n) is 7.40. The van der Waals surface area contributed by atoms with Crippen molar-refractivity contribution in [2.24, 2.45) is 5.41 Å². The molecule has 1 saturated heterocycles. The highest BCUT2D eigenvalue weighted by atomic mass is 32.2. The van der Waals surface area contributed by atoms with E-state index in [4.69, 9.17) is 0 Å². The Balaban J connectivity index is 1.48. The van der Waals surface area contributed by atoms with Crippen molar-refractivity contribution < 1.29 is 8.42 Å². The maximum Gasteiger partial charge on any atom is 0.265 e. The maximum absolute atomic E-state index is 13.0. The molecule has 6 nitrogen and oxygen atoms in total. The summed E-state index contributed by atoms with van der Waals surface area (Å²) in [6, 6.07) is 13.0. The summed E-state index contributed by atoms with van der Waals surface area (Å²) < 4.78 is 27.4. The van der Waals surface area contributed by atoms with E-state index in [1.165, 1.54) is 29.8 Å². The normalized spacial score (nSPS) is 21.0. The van der Waals surface area contributed by atoms with E-state index >= 15 is 0 Å². The first-order valence-electron chi connectivity index (χ1n) is 9.56. The van der Waals surface area contributed by atoms with E-state index in [0.717, 1.165) is 18.9 Å². The van der Waals surface area contributed by atoms with Crippen LogP contribution >= 0.6 is 0 Å². The van der Waals surface area contributed by atoms with E-state index in [1.54, 1.807) is 24.3 Å². The van der Waals surface area contributed by atoms with Crippen molar-refractivity contribution in [1.29, 1.82) is 0 Å². The van der Waals surface area contributed by atoms with Gasteiger partial charge >= 0.3 is 0 Å². The number of rotatable bonds is 6. The second kappa shape index (κ2) is 7.13. The summed E-state index contributed by atoms with van der Waals surface area (Å²) >= 11 is 0. The Morgan fingerprint density at radius 3 is 2.56 bits per heavy atom. The van der Waals surface area contributed by atoms with E-state index in [2.05, 4.69) is 15.6 Å². The minimum Gasteiger partial charge on any atom is -0.367 e. The van der Waals surface area contributed by atoms with Gasteiger partial charge in [-0.3, -0.25) is 4.31 Å². The minimum absolute atomic E-state index is 0.214. The van der Waals surface area contributed by atoms with Crippen molar-refractivity contribution in [3.8, 4) is 0 Å². The molecule has 1 atom stereocenters. The molecule has 1 saturated carbocycles. The smallest absolute Gasteiger partial charge is 0.265 e. The molecular formula is C20H26N4O2S. The fourth-order valence-corrected chi connectivity index (χ4v) is 5.46. The van der Waals surface area contributed by atoms with Crippen LogP contribution in [0.2, 0.25) is 0 Å². The predicted molar refractivity (Wildman–Crippen MR) is 107 cm³/mol. The number of pyridine rings is 1. The van der Waals surface area contributed by atoms with E-state index < -0.39 is 10.0 Å². The Morgan fingerprint density at radius 2 is 1.93 bits per heavy atom. The molecule has 1 aromatic carbocycles. The molecule has 1 unspecified atom stereocenters. The van der Waals surface area contributed by atoms with Crippen LogP contribution in [0, 0.1) is 5.41 Å². The van der Waals surface area contributed by atoms with Crippen LogP contribution in [0.4, 0.5) is 11.5 Å². The third kappa shape index (κ3) is 3.53. The van der Waals surface area contributed by atoms with Crippen LogP contribution in [0.1, 0.15) is 26.2 Å². The van der Waals surface area contributed by atoms with Crippen LogP contribution in [-0.4, -0.2) is 39.1 Å². The maximum atomic E-state index is 13.0. The average Bonchev–Trinajstić information content (AvgIpc) is 3.34. The first-order valence-corrected chi connectivity index (χ1v) is 11.0. The number of anilines is 2. The summed E-state index contributed by atoms with van der Waals surface area (Å²) in [6.45, 7) is 4.36. The number of sulfonamides is 1. The largest absolute Gasteiger partial charge is 0.367 e. The summed E-state index contributed by atoms with van der Waals surface area (Å²) in [5.41, 5.74) is 1.07. The third-order valence-electron chi connectivity index (χ3n) is 5.77. The molecule has 2 N–H and O–H groups in total. The van der Waals surface area contributed by atoms with Gasteiger partial charge in [0, 0.05) is 18.8 Å². The van der Waals surface area contributed by atoms with Crippen molar-refractivity contribution >= 4 is 21.5 Å². The molecule has 2 fully saturated rings. The monoisotopic (exact) mass is 386 g/mol. The second-order valence-corrected chi connectivity index (χ2v) is 9.26. The van der Waals surface area contributed by atoms with Gasteiger partial charge in [-0.2, -0.15) is 0 Å². The Kier molecular flexibility index (Phi) is 4.82. The molecule has 0 amide bonds. The van der Waals surface area contributed by atoms with Crippen LogP contribution in [0.15, 0.2) is 53.6 Å². The van der Waals surface area contributed by atoms with Gasteiger partial charge in [-0.1, -0.05) is 18.2 Å². The Bertz CT molecular complexity index is 878. The van der Waals surface area contributed by atoms with E-state index in [1.807, 2.05) is 25.1 Å². The fourth-order valence-electron chi connectivity index (χ4n) is 4.04. The lowest BCUT2D eigenvalue weighted by atomic mass is 9.94. The number of hydrogen-bond acceptors (Lipinski definition) is 5. The molecule has 0 radical (unpaired) electrons.